The van der Waals surface area contributed by atoms with Gasteiger partial charge in [0.1, 0.15) is 10.8 Å². The zero-order chi connectivity index (χ0) is 18.6. The Labute approximate surface area is 150 Å². The van der Waals surface area contributed by atoms with Crippen LogP contribution in [0.2, 0.25) is 0 Å². The van der Waals surface area contributed by atoms with Crippen LogP contribution in [0.5, 0.6) is 5.75 Å². The maximum Gasteiger partial charge on any atom is 0.341 e. The third kappa shape index (κ3) is 4.36. The van der Waals surface area contributed by atoms with Crippen LogP contribution in [0.1, 0.15) is 46.8 Å². The first-order valence-corrected chi connectivity index (χ1v) is 8.83. The van der Waals surface area contributed by atoms with Crippen molar-refractivity contribution in [3.05, 3.63) is 45.4 Å². The quantitative estimate of drug-likeness (QED) is 0.789. The summed E-state index contributed by atoms with van der Waals surface area (Å²) in [5, 5.41) is 14.6. The summed E-state index contributed by atoms with van der Waals surface area (Å²) in [4.78, 5) is 27.7. The Morgan fingerprint density at radius 1 is 1.32 bits per heavy atom. The van der Waals surface area contributed by atoms with E-state index in [0.717, 1.165) is 16.1 Å². The lowest BCUT2D eigenvalue weighted by molar-refractivity contribution is -0.139. The summed E-state index contributed by atoms with van der Waals surface area (Å²) < 4.78 is 5.31. The van der Waals surface area contributed by atoms with Gasteiger partial charge in [0.25, 0.3) is 5.91 Å². The Kier molecular flexibility index (Phi) is 5.79. The Morgan fingerprint density at radius 2 is 1.96 bits per heavy atom. The highest BCUT2D eigenvalue weighted by atomic mass is 32.1. The number of aromatic nitrogens is 1. The number of hydrogen-bond acceptors (Lipinski definition) is 5. The second-order valence-corrected chi connectivity index (χ2v) is 6.99. The summed E-state index contributed by atoms with van der Waals surface area (Å²) in [7, 11) is 0. The molecule has 2 N–H and O–H groups in total. The van der Waals surface area contributed by atoms with Gasteiger partial charge < -0.3 is 15.2 Å². The van der Waals surface area contributed by atoms with Gasteiger partial charge >= 0.3 is 5.97 Å². The molecule has 134 valence electrons. The summed E-state index contributed by atoms with van der Waals surface area (Å²) in [6, 6.07) is 3.41. The SMILES string of the molecule is CCC(C)(NC(=O)c1cc(C)c(OCC(=O)O)c(C)c1)c1nccs1. The molecule has 0 saturated carbocycles. The molecule has 1 atom stereocenters. The fraction of sp³-hybridized carbons (Fsp3) is 0.389. The minimum Gasteiger partial charge on any atom is -0.481 e. The number of nitrogens with one attached hydrogen (secondary N) is 1. The molecule has 0 fully saturated rings. The van der Waals surface area contributed by atoms with Crippen molar-refractivity contribution in [2.24, 2.45) is 0 Å². The predicted molar refractivity (Wildman–Crippen MR) is 96.3 cm³/mol. The molecule has 7 heteroatoms. The number of benzene rings is 1. The van der Waals surface area contributed by atoms with Crippen LogP contribution >= 0.6 is 11.3 Å². The number of carboxylic acids is 1. The molecule has 1 unspecified atom stereocenters. The van der Waals surface area contributed by atoms with Crippen molar-refractivity contribution in [1.82, 2.24) is 10.3 Å². The average Bonchev–Trinajstić information content (AvgIpc) is 3.08. The van der Waals surface area contributed by atoms with Gasteiger partial charge in [-0.3, -0.25) is 4.79 Å². The van der Waals surface area contributed by atoms with Crippen LogP contribution in [0, 0.1) is 13.8 Å². The molecule has 25 heavy (non-hydrogen) atoms. The second-order valence-electron chi connectivity index (χ2n) is 6.10. The van der Waals surface area contributed by atoms with Gasteiger partial charge in [0, 0.05) is 17.1 Å². The number of rotatable bonds is 7. The Bertz CT molecular complexity index is 750. The average molecular weight is 362 g/mol. The number of carbonyl (C=O) groups is 2. The van der Waals surface area contributed by atoms with Crippen molar-refractivity contribution in [2.45, 2.75) is 39.7 Å². The van der Waals surface area contributed by atoms with E-state index in [0.29, 0.717) is 17.7 Å². The smallest absolute Gasteiger partial charge is 0.341 e. The number of carbonyl (C=O) groups excluding carboxylic acids is 1. The number of hydrogen-bond donors (Lipinski definition) is 2. The van der Waals surface area contributed by atoms with Crippen LogP contribution in [0.3, 0.4) is 0 Å². The van der Waals surface area contributed by atoms with Crippen LogP contribution in [0.4, 0.5) is 0 Å². The third-order valence-electron chi connectivity index (χ3n) is 4.06. The molecule has 1 aromatic heterocycles. The zero-order valence-corrected chi connectivity index (χ0v) is 15.6. The fourth-order valence-electron chi connectivity index (χ4n) is 2.55. The van der Waals surface area contributed by atoms with Gasteiger partial charge in [-0.1, -0.05) is 6.92 Å². The van der Waals surface area contributed by atoms with E-state index in [1.165, 1.54) is 11.3 Å². The van der Waals surface area contributed by atoms with Crippen LogP contribution in [0.25, 0.3) is 0 Å². The monoisotopic (exact) mass is 362 g/mol. The van der Waals surface area contributed by atoms with Gasteiger partial charge in [0.2, 0.25) is 0 Å². The molecule has 0 saturated heterocycles. The number of amides is 1. The Hall–Kier alpha value is -2.41. The molecule has 0 aliphatic rings. The van der Waals surface area contributed by atoms with E-state index < -0.39 is 18.1 Å². The van der Waals surface area contributed by atoms with Crippen molar-refractivity contribution in [3.63, 3.8) is 0 Å². The normalized spacial score (nSPS) is 13.1. The Morgan fingerprint density at radius 3 is 2.44 bits per heavy atom. The number of thiazole rings is 1. The largest absolute Gasteiger partial charge is 0.481 e. The van der Waals surface area contributed by atoms with Gasteiger partial charge in [0.05, 0.1) is 5.54 Å². The molecule has 0 aliphatic heterocycles. The van der Waals surface area contributed by atoms with Crippen LogP contribution in [-0.4, -0.2) is 28.6 Å². The first kappa shape index (κ1) is 18.9. The van der Waals surface area contributed by atoms with E-state index in [1.54, 1.807) is 32.2 Å². The van der Waals surface area contributed by atoms with E-state index in [2.05, 4.69) is 10.3 Å². The highest BCUT2D eigenvalue weighted by molar-refractivity contribution is 7.09. The lowest BCUT2D eigenvalue weighted by atomic mass is 9.98. The topological polar surface area (TPSA) is 88.5 Å². The number of aryl methyl sites for hydroxylation is 2. The molecule has 0 bridgehead atoms. The first-order valence-electron chi connectivity index (χ1n) is 7.95. The molecule has 1 heterocycles. The number of nitrogens with zero attached hydrogens (tertiary/aromatic N) is 1. The summed E-state index contributed by atoms with van der Waals surface area (Å²) in [5.74, 6) is -0.740. The third-order valence-corrected chi connectivity index (χ3v) is 5.10. The van der Waals surface area contributed by atoms with Gasteiger partial charge in [0.15, 0.2) is 6.61 Å². The molecular weight excluding hydrogens is 340 g/mol. The number of ether oxygens (including phenoxy) is 1. The van der Waals surface area contributed by atoms with Crippen molar-refractivity contribution >= 4 is 23.2 Å². The molecular formula is C18H22N2O4S. The first-order chi connectivity index (χ1) is 11.8. The van der Waals surface area contributed by atoms with E-state index in [-0.39, 0.29) is 5.91 Å². The summed E-state index contributed by atoms with van der Waals surface area (Å²) in [6.45, 7) is 7.13. The number of carboxylic acid groups (broad SMARTS) is 1. The van der Waals surface area contributed by atoms with Gasteiger partial charge in [-0.2, -0.15) is 0 Å². The van der Waals surface area contributed by atoms with E-state index in [9.17, 15) is 9.59 Å². The summed E-state index contributed by atoms with van der Waals surface area (Å²) >= 11 is 1.51. The fourth-order valence-corrected chi connectivity index (χ4v) is 3.38. The minimum atomic E-state index is -1.04. The maximum absolute atomic E-state index is 12.7. The summed E-state index contributed by atoms with van der Waals surface area (Å²) in [6.07, 6.45) is 2.44. The predicted octanol–water partition coefficient (Wildman–Crippen LogP) is 3.28. The standard InChI is InChI=1S/C18H22N2O4S/c1-5-18(4,17-19-6-7-25-17)20-16(23)13-8-11(2)15(12(3)9-13)24-10-14(21)22/h6-9H,5,10H2,1-4H3,(H,20,23)(H,21,22). The second kappa shape index (κ2) is 7.65. The number of aliphatic carboxylic acids is 1. The summed E-state index contributed by atoms with van der Waals surface area (Å²) in [5.41, 5.74) is 1.41. The van der Waals surface area contributed by atoms with Crippen LogP contribution in [-0.2, 0) is 10.3 Å². The molecule has 2 rings (SSSR count). The lowest BCUT2D eigenvalue weighted by Crippen LogP contribution is -2.43. The van der Waals surface area contributed by atoms with Crippen molar-refractivity contribution in [2.75, 3.05) is 6.61 Å². The zero-order valence-electron chi connectivity index (χ0n) is 14.8. The molecule has 2 aromatic rings. The van der Waals surface area contributed by atoms with Crippen LogP contribution in [0.15, 0.2) is 23.7 Å². The van der Waals surface area contributed by atoms with Crippen LogP contribution < -0.4 is 10.1 Å². The van der Waals surface area contributed by atoms with Gasteiger partial charge in [-0.25, -0.2) is 9.78 Å². The van der Waals surface area contributed by atoms with Crippen molar-refractivity contribution < 1.29 is 19.4 Å². The van der Waals surface area contributed by atoms with Gasteiger partial charge in [-0.15, -0.1) is 11.3 Å². The molecule has 1 aromatic carbocycles. The van der Waals surface area contributed by atoms with E-state index in [1.807, 2.05) is 19.2 Å². The van der Waals surface area contributed by atoms with E-state index in [4.69, 9.17) is 9.84 Å². The van der Waals surface area contributed by atoms with Crippen molar-refractivity contribution in [3.8, 4) is 5.75 Å². The Balaban J connectivity index is 2.23. The molecule has 0 aliphatic carbocycles. The molecule has 1 amide bonds. The lowest BCUT2D eigenvalue weighted by Gasteiger charge is -2.27. The molecule has 0 spiro atoms. The van der Waals surface area contributed by atoms with Gasteiger partial charge in [-0.05, 0) is 50.5 Å². The highest BCUT2D eigenvalue weighted by Gasteiger charge is 2.29. The van der Waals surface area contributed by atoms with E-state index >= 15 is 0 Å². The maximum atomic E-state index is 12.7. The highest BCUT2D eigenvalue weighted by Crippen LogP contribution is 2.28. The minimum absolute atomic E-state index is 0.199. The van der Waals surface area contributed by atoms with Crippen molar-refractivity contribution in [1.29, 1.82) is 0 Å². The molecule has 6 nitrogen and oxygen atoms in total. The molecule has 0 radical (unpaired) electrons.